The number of benzene rings is 1. The number of hydrogen-bond donors (Lipinski definition) is 2. The molecule has 0 bridgehead atoms. The Labute approximate surface area is 126 Å². The Kier molecular flexibility index (Phi) is 4.88. The molecule has 0 radical (unpaired) electrons. The van der Waals surface area contributed by atoms with Crippen molar-refractivity contribution in [3.8, 4) is 0 Å². The first-order chi connectivity index (χ1) is 10.3. The quantitative estimate of drug-likeness (QED) is 0.808. The second kappa shape index (κ2) is 7.05. The summed E-state index contributed by atoms with van der Waals surface area (Å²) in [6.07, 6.45) is 5.21. The summed E-state index contributed by atoms with van der Waals surface area (Å²) in [5, 5.41) is 6.29. The lowest BCUT2D eigenvalue weighted by Crippen LogP contribution is -2.30. The minimum Gasteiger partial charge on any atom is -0.325 e. The molecule has 1 aliphatic carbocycles. The summed E-state index contributed by atoms with van der Waals surface area (Å²) in [5.41, 5.74) is 2.18. The molecule has 0 aromatic heterocycles. The molecule has 3 rings (SSSR count). The van der Waals surface area contributed by atoms with Crippen LogP contribution in [0.5, 0.6) is 0 Å². The lowest BCUT2D eigenvalue weighted by atomic mass is 10.1. The van der Waals surface area contributed by atoms with Crippen LogP contribution in [0.3, 0.4) is 0 Å². The van der Waals surface area contributed by atoms with Crippen LogP contribution in [0, 0.1) is 5.92 Å². The minimum atomic E-state index is 0.0597. The number of hydrogen-bond acceptors (Lipinski definition) is 3. The van der Waals surface area contributed by atoms with E-state index >= 15 is 0 Å². The van der Waals surface area contributed by atoms with Gasteiger partial charge in [0, 0.05) is 12.2 Å². The largest absolute Gasteiger partial charge is 0.325 e. The molecule has 2 N–H and O–H groups in total. The van der Waals surface area contributed by atoms with Crippen LogP contribution in [-0.4, -0.2) is 37.0 Å². The van der Waals surface area contributed by atoms with E-state index in [0.717, 1.165) is 24.7 Å². The maximum atomic E-state index is 12.0. The first-order valence-electron chi connectivity index (χ1n) is 8.12. The van der Waals surface area contributed by atoms with E-state index in [-0.39, 0.29) is 5.91 Å². The molecular weight excluding hydrogens is 262 g/mol. The van der Waals surface area contributed by atoms with Crippen LogP contribution < -0.4 is 10.6 Å². The van der Waals surface area contributed by atoms with E-state index in [9.17, 15) is 4.79 Å². The number of nitrogens with zero attached hydrogens (tertiary/aromatic N) is 1. The Hall–Kier alpha value is -1.39. The zero-order chi connectivity index (χ0) is 14.5. The van der Waals surface area contributed by atoms with E-state index in [1.165, 1.54) is 44.3 Å². The first kappa shape index (κ1) is 14.5. The van der Waals surface area contributed by atoms with Crippen molar-refractivity contribution in [3.05, 3.63) is 29.8 Å². The van der Waals surface area contributed by atoms with Gasteiger partial charge in [0.2, 0.25) is 5.91 Å². The third-order valence-electron chi connectivity index (χ3n) is 4.30. The second-order valence-electron chi connectivity index (χ2n) is 6.26. The topological polar surface area (TPSA) is 44.4 Å². The zero-order valence-corrected chi connectivity index (χ0v) is 12.6. The smallest absolute Gasteiger partial charge is 0.238 e. The molecule has 0 unspecified atom stereocenters. The third kappa shape index (κ3) is 4.55. The molecule has 2 aliphatic rings. The van der Waals surface area contributed by atoms with Gasteiger partial charge in [-0.1, -0.05) is 18.2 Å². The fourth-order valence-electron chi connectivity index (χ4n) is 2.87. The van der Waals surface area contributed by atoms with Gasteiger partial charge in [0.25, 0.3) is 0 Å². The van der Waals surface area contributed by atoms with Gasteiger partial charge < -0.3 is 10.6 Å². The molecule has 1 heterocycles. The Morgan fingerprint density at radius 1 is 1.19 bits per heavy atom. The zero-order valence-electron chi connectivity index (χ0n) is 12.6. The number of anilines is 1. The van der Waals surface area contributed by atoms with Gasteiger partial charge in [0.05, 0.1) is 6.54 Å². The minimum absolute atomic E-state index is 0.0597. The molecule has 114 valence electrons. The van der Waals surface area contributed by atoms with Gasteiger partial charge in [0.15, 0.2) is 0 Å². The van der Waals surface area contributed by atoms with Crippen LogP contribution in [-0.2, 0) is 11.3 Å². The summed E-state index contributed by atoms with van der Waals surface area (Å²) in [5.74, 6) is 0.866. The van der Waals surface area contributed by atoms with Crippen LogP contribution in [0.4, 0.5) is 5.69 Å². The van der Waals surface area contributed by atoms with E-state index < -0.39 is 0 Å². The predicted octanol–water partition coefficient (Wildman–Crippen LogP) is 2.22. The third-order valence-corrected chi connectivity index (χ3v) is 4.30. The molecule has 1 saturated carbocycles. The molecular formula is C17H25N3O. The summed E-state index contributed by atoms with van der Waals surface area (Å²) in [4.78, 5) is 14.5. The second-order valence-corrected chi connectivity index (χ2v) is 6.26. The summed E-state index contributed by atoms with van der Waals surface area (Å²) in [7, 11) is 0. The SMILES string of the molecule is O=C(CNCC1CC1)Nc1ccccc1CN1CCCC1. The highest BCUT2D eigenvalue weighted by Crippen LogP contribution is 2.27. The fraction of sp³-hybridized carbons (Fsp3) is 0.588. The average Bonchev–Trinajstić information content (AvgIpc) is 3.16. The Balaban J connectivity index is 1.51. The van der Waals surface area contributed by atoms with Crippen LogP contribution in [0.1, 0.15) is 31.2 Å². The number of carbonyl (C=O) groups is 1. The van der Waals surface area contributed by atoms with Gasteiger partial charge in [-0.05, 0) is 62.9 Å². The molecule has 4 nitrogen and oxygen atoms in total. The van der Waals surface area contributed by atoms with Gasteiger partial charge in [-0.25, -0.2) is 0 Å². The average molecular weight is 287 g/mol. The molecule has 1 aromatic carbocycles. The molecule has 0 spiro atoms. The maximum absolute atomic E-state index is 12.0. The van der Waals surface area contributed by atoms with Gasteiger partial charge >= 0.3 is 0 Å². The maximum Gasteiger partial charge on any atom is 0.238 e. The van der Waals surface area contributed by atoms with Crippen LogP contribution in [0.25, 0.3) is 0 Å². The van der Waals surface area contributed by atoms with Gasteiger partial charge in [0.1, 0.15) is 0 Å². The van der Waals surface area contributed by atoms with Crippen molar-refractivity contribution in [2.75, 3.05) is 31.5 Å². The molecule has 4 heteroatoms. The Bertz CT molecular complexity index is 479. The predicted molar refractivity (Wildman–Crippen MR) is 85.2 cm³/mol. The molecule has 1 saturated heterocycles. The number of nitrogens with one attached hydrogen (secondary N) is 2. The van der Waals surface area contributed by atoms with Gasteiger partial charge in [-0.2, -0.15) is 0 Å². The highest BCUT2D eigenvalue weighted by atomic mass is 16.1. The van der Waals surface area contributed by atoms with E-state index in [0.29, 0.717) is 6.54 Å². The lowest BCUT2D eigenvalue weighted by Gasteiger charge is -2.18. The van der Waals surface area contributed by atoms with Crippen molar-refractivity contribution in [2.24, 2.45) is 5.92 Å². The van der Waals surface area contributed by atoms with Gasteiger partial charge in [-0.15, -0.1) is 0 Å². The summed E-state index contributed by atoms with van der Waals surface area (Å²) in [6, 6.07) is 8.16. The molecule has 1 aliphatic heterocycles. The van der Waals surface area contributed by atoms with Crippen molar-refractivity contribution in [1.29, 1.82) is 0 Å². The number of rotatable bonds is 7. The van der Waals surface area contributed by atoms with Gasteiger partial charge in [-0.3, -0.25) is 9.69 Å². The number of carbonyl (C=O) groups excluding carboxylic acids is 1. The normalized spacial score (nSPS) is 18.9. The molecule has 21 heavy (non-hydrogen) atoms. The molecule has 0 atom stereocenters. The van der Waals surface area contributed by atoms with Crippen molar-refractivity contribution in [2.45, 2.75) is 32.2 Å². The van der Waals surface area contributed by atoms with E-state index in [1.54, 1.807) is 0 Å². The Morgan fingerprint density at radius 3 is 2.71 bits per heavy atom. The van der Waals surface area contributed by atoms with Crippen LogP contribution in [0.15, 0.2) is 24.3 Å². The number of likely N-dealkylation sites (tertiary alicyclic amines) is 1. The number of para-hydroxylation sites is 1. The van der Waals surface area contributed by atoms with E-state index in [2.05, 4.69) is 21.6 Å². The Morgan fingerprint density at radius 2 is 1.95 bits per heavy atom. The van der Waals surface area contributed by atoms with Crippen molar-refractivity contribution >= 4 is 11.6 Å². The van der Waals surface area contributed by atoms with Crippen molar-refractivity contribution < 1.29 is 4.79 Å². The van der Waals surface area contributed by atoms with Crippen molar-refractivity contribution in [3.63, 3.8) is 0 Å². The highest BCUT2D eigenvalue weighted by molar-refractivity contribution is 5.92. The summed E-state index contributed by atoms with van der Waals surface area (Å²) < 4.78 is 0. The molecule has 2 fully saturated rings. The first-order valence-corrected chi connectivity index (χ1v) is 8.12. The monoisotopic (exact) mass is 287 g/mol. The van der Waals surface area contributed by atoms with Crippen LogP contribution >= 0.6 is 0 Å². The summed E-state index contributed by atoms with van der Waals surface area (Å²) >= 11 is 0. The number of amides is 1. The fourth-order valence-corrected chi connectivity index (χ4v) is 2.87. The van der Waals surface area contributed by atoms with Crippen molar-refractivity contribution in [1.82, 2.24) is 10.2 Å². The van der Waals surface area contributed by atoms with Crippen LogP contribution in [0.2, 0.25) is 0 Å². The molecule has 1 amide bonds. The standard InChI is InChI=1S/C17H25N3O/c21-17(12-18-11-14-7-8-14)19-16-6-2-1-5-15(16)13-20-9-3-4-10-20/h1-2,5-6,14,18H,3-4,7-13H2,(H,19,21). The molecule has 1 aromatic rings. The highest BCUT2D eigenvalue weighted by Gasteiger charge is 2.20. The van der Waals surface area contributed by atoms with E-state index in [1.807, 2.05) is 18.2 Å². The summed E-state index contributed by atoms with van der Waals surface area (Å²) in [6.45, 7) is 4.67. The van der Waals surface area contributed by atoms with E-state index in [4.69, 9.17) is 0 Å². The lowest BCUT2D eigenvalue weighted by molar-refractivity contribution is -0.115.